The number of likely N-dealkylation sites (tertiary alicyclic amines) is 1. The molecule has 2 N–H and O–H groups in total. The monoisotopic (exact) mass is 449 g/mol. The minimum atomic E-state index is -0.722. The lowest BCUT2D eigenvalue weighted by Crippen LogP contribution is -2.24. The SMILES string of the molecule is CN1CCC(O)C1=O.Cn1ccc(Nc2nccc(-c3csc(-c4ccccc4)n3)n2)n1. The number of benzene rings is 1. The van der Waals surface area contributed by atoms with E-state index in [1.165, 1.54) is 4.90 Å². The molecule has 10 heteroatoms. The maximum atomic E-state index is 10.6. The number of carbonyl (C=O) groups is 1. The van der Waals surface area contributed by atoms with E-state index in [4.69, 9.17) is 5.11 Å². The van der Waals surface area contributed by atoms with Gasteiger partial charge in [0, 0.05) is 50.0 Å². The van der Waals surface area contributed by atoms with Crippen LogP contribution in [0.15, 0.2) is 60.2 Å². The smallest absolute Gasteiger partial charge is 0.251 e. The summed E-state index contributed by atoms with van der Waals surface area (Å²) in [6.45, 7) is 0.694. The van der Waals surface area contributed by atoms with Crippen molar-refractivity contribution in [2.75, 3.05) is 18.9 Å². The number of rotatable bonds is 4. The standard InChI is InChI=1S/C17H14N6S.C5H9NO2/c1-23-10-8-15(22-23)21-17-18-9-7-13(20-17)14-11-24-16(19-14)12-5-3-2-4-6-12;1-6-3-2-4(7)5(6)8/h2-11H,1H3,(H,18,20,21,22);4,7H,2-3H2,1H3. The van der Waals surface area contributed by atoms with Crippen molar-refractivity contribution in [3.63, 3.8) is 0 Å². The second kappa shape index (κ2) is 9.67. The third-order valence-electron chi connectivity index (χ3n) is 4.80. The molecule has 1 aliphatic rings. The molecule has 4 aromatic rings. The molecule has 1 amide bonds. The van der Waals surface area contributed by atoms with Gasteiger partial charge in [0.15, 0.2) is 5.82 Å². The van der Waals surface area contributed by atoms with Crippen molar-refractivity contribution in [2.24, 2.45) is 7.05 Å². The zero-order valence-electron chi connectivity index (χ0n) is 17.7. The van der Waals surface area contributed by atoms with Crippen molar-refractivity contribution in [1.29, 1.82) is 0 Å². The lowest BCUT2D eigenvalue weighted by atomic mass is 10.2. The summed E-state index contributed by atoms with van der Waals surface area (Å²) in [6.07, 6.45) is 3.45. The Labute approximate surface area is 189 Å². The summed E-state index contributed by atoms with van der Waals surface area (Å²) >= 11 is 1.60. The first-order chi connectivity index (χ1) is 15.5. The molecule has 0 aliphatic carbocycles. The number of aryl methyl sites for hydroxylation is 1. The molecule has 0 bridgehead atoms. The molecule has 32 heavy (non-hydrogen) atoms. The number of amides is 1. The van der Waals surface area contributed by atoms with Crippen molar-refractivity contribution < 1.29 is 9.90 Å². The molecule has 4 heterocycles. The van der Waals surface area contributed by atoms with E-state index >= 15 is 0 Å². The zero-order valence-corrected chi connectivity index (χ0v) is 18.5. The molecular weight excluding hydrogens is 426 g/mol. The van der Waals surface area contributed by atoms with Crippen LogP contribution in [0.1, 0.15) is 6.42 Å². The number of likely N-dealkylation sites (N-methyl/N-ethyl adjacent to an activating group) is 1. The van der Waals surface area contributed by atoms with E-state index in [2.05, 4.69) is 37.5 Å². The normalized spacial score (nSPS) is 15.4. The molecule has 0 spiro atoms. The van der Waals surface area contributed by atoms with Gasteiger partial charge in [-0.15, -0.1) is 11.3 Å². The number of nitrogens with one attached hydrogen (secondary N) is 1. The number of aliphatic hydroxyl groups is 1. The van der Waals surface area contributed by atoms with Crippen molar-refractivity contribution >= 4 is 29.0 Å². The summed E-state index contributed by atoms with van der Waals surface area (Å²) in [5.41, 5.74) is 2.72. The van der Waals surface area contributed by atoms with Gasteiger partial charge < -0.3 is 15.3 Å². The lowest BCUT2D eigenvalue weighted by molar-refractivity contribution is -0.133. The first kappa shape index (κ1) is 21.6. The number of nitrogens with zero attached hydrogens (tertiary/aromatic N) is 6. The highest BCUT2D eigenvalue weighted by atomic mass is 32.1. The quantitative estimate of drug-likeness (QED) is 0.493. The maximum absolute atomic E-state index is 10.6. The van der Waals surface area contributed by atoms with Gasteiger partial charge in [-0.25, -0.2) is 15.0 Å². The predicted molar refractivity (Wildman–Crippen MR) is 123 cm³/mol. The Bertz CT molecular complexity index is 1180. The van der Waals surface area contributed by atoms with Crippen LogP contribution in [0.2, 0.25) is 0 Å². The van der Waals surface area contributed by atoms with Gasteiger partial charge in [0.1, 0.15) is 16.8 Å². The summed E-state index contributed by atoms with van der Waals surface area (Å²) in [7, 11) is 3.56. The van der Waals surface area contributed by atoms with Gasteiger partial charge in [-0.05, 0) is 12.5 Å². The minimum Gasteiger partial charge on any atom is -0.383 e. The van der Waals surface area contributed by atoms with E-state index in [0.717, 1.165) is 22.0 Å². The van der Waals surface area contributed by atoms with Crippen molar-refractivity contribution in [2.45, 2.75) is 12.5 Å². The second-order valence-electron chi connectivity index (χ2n) is 7.23. The van der Waals surface area contributed by atoms with Crippen molar-refractivity contribution in [3.8, 4) is 22.0 Å². The molecule has 1 aromatic carbocycles. The first-order valence-corrected chi connectivity index (χ1v) is 10.9. The summed E-state index contributed by atoms with van der Waals surface area (Å²) in [4.78, 5) is 25.6. The summed E-state index contributed by atoms with van der Waals surface area (Å²) in [5, 5.41) is 19.1. The zero-order chi connectivity index (χ0) is 22.5. The van der Waals surface area contributed by atoms with Gasteiger partial charge in [0.05, 0.1) is 5.69 Å². The van der Waals surface area contributed by atoms with Crippen LogP contribution in [0.25, 0.3) is 22.0 Å². The number of carbonyl (C=O) groups excluding carboxylic acids is 1. The summed E-state index contributed by atoms with van der Waals surface area (Å²) in [6, 6.07) is 13.8. The molecular formula is C22H23N7O2S. The van der Waals surface area contributed by atoms with E-state index in [9.17, 15) is 4.79 Å². The van der Waals surface area contributed by atoms with Gasteiger partial charge in [0.2, 0.25) is 5.95 Å². The van der Waals surface area contributed by atoms with E-state index in [1.54, 1.807) is 29.3 Å². The molecule has 0 saturated carbocycles. The fraction of sp³-hybridized carbons (Fsp3) is 0.227. The van der Waals surface area contributed by atoms with Gasteiger partial charge in [-0.3, -0.25) is 9.48 Å². The molecule has 5 rings (SSSR count). The summed E-state index contributed by atoms with van der Waals surface area (Å²) in [5.74, 6) is 1.06. The average molecular weight is 450 g/mol. The molecule has 164 valence electrons. The lowest BCUT2D eigenvalue weighted by Gasteiger charge is -2.04. The van der Waals surface area contributed by atoms with E-state index < -0.39 is 6.10 Å². The van der Waals surface area contributed by atoms with Gasteiger partial charge in [0.25, 0.3) is 5.91 Å². The largest absolute Gasteiger partial charge is 0.383 e. The molecule has 0 radical (unpaired) electrons. The fourth-order valence-corrected chi connectivity index (χ4v) is 3.89. The molecule has 1 unspecified atom stereocenters. The Kier molecular flexibility index (Phi) is 6.52. The van der Waals surface area contributed by atoms with Crippen LogP contribution in [0.4, 0.5) is 11.8 Å². The van der Waals surface area contributed by atoms with Crippen molar-refractivity contribution in [3.05, 3.63) is 60.2 Å². The number of hydrogen-bond donors (Lipinski definition) is 2. The molecule has 1 saturated heterocycles. The summed E-state index contributed by atoms with van der Waals surface area (Å²) < 4.78 is 1.72. The maximum Gasteiger partial charge on any atom is 0.251 e. The van der Waals surface area contributed by atoms with Gasteiger partial charge in [-0.1, -0.05) is 30.3 Å². The van der Waals surface area contributed by atoms with Crippen LogP contribution < -0.4 is 5.32 Å². The molecule has 1 atom stereocenters. The van der Waals surface area contributed by atoms with E-state index in [-0.39, 0.29) is 5.91 Å². The number of aliphatic hydroxyl groups excluding tert-OH is 1. The Morgan fingerprint density at radius 3 is 2.53 bits per heavy atom. The molecule has 3 aromatic heterocycles. The fourth-order valence-electron chi connectivity index (χ4n) is 3.07. The first-order valence-electron chi connectivity index (χ1n) is 10.0. The Balaban J connectivity index is 0.000000260. The van der Waals surface area contributed by atoms with Crippen LogP contribution in [-0.4, -0.2) is 60.3 Å². The van der Waals surface area contributed by atoms with E-state index in [1.807, 2.05) is 49.0 Å². The van der Waals surface area contributed by atoms with Crippen molar-refractivity contribution in [1.82, 2.24) is 29.6 Å². The Morgan fingerprint density at radius 1 is 1.09 bits per heavy atom. The highest BCUT2D eigenvalue weighted by Gasteiger charge is 2.26. The number of anilines is 2. The van der Waals surface area contributed by atoms with Crippen LogP contribution in [-0.2, 0) is 11.8 Å². The Hall–Kier alpha value is -3.63. The average Bonchev–Trinajstić information content (AvgIpc) is 3.53. The third kappa shape index (κ3) is 5.16. The van der Waals surface area contributed by atoms with Crippen LogP contribution >= 0.6 is 11.3 Å². The molecule has 1 fully saturated rings. The number of thiazole rings is 1. The highest BCUT2D eigenvalue weighted by Crippen LogP contribution is 2.28. The number of hydrogen-bond acceptors (Lipinski definition) is 8. The molecule has 9 nitrogen and oxygen atoms in total. The van der Waals surface area contributed by atoms with Gasteiger partial charge >= 0.3 is 0 Å². The topological polar surface area (TPSA) is 109 Å². The second-order valence-corrected chi connectivity index (χ2v) is 8.09. The third-order valence-corrected chi connectivity index (χ3v) is 5.69. The Morgan fingerprint density at radius 2 is 1.91 bits per heavy atom. The number of aromatic nitrogens is 5. The predicted octanol–water partition coefficient (Wildman–Crippen LogP) is 2.95. The van der Waals surface area contributed by atoms with Crippen LogP contribution in [0.5, 0.6) is 0 Å². The van der Waals surface area contributed by atoms with Crippen LogP contribution in [0, 0.1) is 0 Å². The highest BCUT2D eigenvalue weighted by molar-refractivity contribution is 7.13. The van der Waals surface area contributed by atoms with Crippen LogP contribution in [0.3, 0.4) is 0 Å². The minimum absolute atomic E-state index is 0.148. The molecule has 1 aliphatic heterocycles. The van der Waals surface area contributed by atoms with E-state index in [0.29, 0.717) is 24.7 Å². The van der Waals surface area contributed by atoms with Gasteiger partial charge in [-0.2, -0.15) is 5.10 Å².